The van der Waals surface area contributed by atoms with Crippen LogP contribution in [0.4, 0.5) is 0 Å². The number of aliphatic carboxylic acids is 1. The van der Waals surface area contributed by atoms with Crippen LogP contribution in [0.15, 0.2) is 24.3 Å². The number of ether oxygens (including phenoxy) is 1. The van der Waals surface area contributed by atoms with Gasteiger partial charge in [-0.3, -0.25) is 0 Å². The van der Waals surface area contributed by atoms with Crippen molar-refractivity contribution in [1.82, 2.24) is 0 Å². The quantitative estimate of drug-likeness (QED) is 0.299. The fraction of sp³-hybridized carbons (Fsp3) is 0.722. The molecule has 1 N–H and O–H groups in total. The van der Waals surface area contributed by atoms with Crippen molar-refractivity contribution in [3.63, 3.8) is 0 Å². The fourth-order valence-corrected chi connectivity index (χ4v) is 2.38. The fourth-order valence-electron chi connectivity index (χ4n) is 2.38. The largest absolute Gasteiger partial charge is 0.479 e. The molecule has 1 aliphatic rings. The zero-order valence-corrected chi connectivity index (χ0v) is 13.3. The summed E-state index contributed by atoms with van der Waals surface area (Å²) >= 11 is 0. The number of rotatable bonds is 13. The molecule has 1 heterocycles. The normalized spacial score (nSPS) is 21.4. The monoisotopic (exact) mass is 294 g/mol. The second-order valence-electron chi connectivity index (χ2n) is 5.75. The number of carbonyl (C=O) groups is 1. The van der Waals surface area contributed by atoms with E-state index in [0.29, 0.717) is 0 Å². The Morgan fingerprint density at radius 3 is 2.24 bits per heavy atom. The Bertz CT molecular complexity index is 333. The molecule has 0 aromatic heterocycles. The minimum Gasteiger partial charge on any atom is -0.479 e. The van der Waals surface area contributed by atoms with Crippen LogP contribution < -0.4 is 0 Å². The van der Waals surface area contributed by atoms with Gasteiger partial charge < -0.3 is 9.84 Å². The summed E-state index contributed by atoms with van der Waals surface area (Å²) in [5.74, 6) is -0.814. The van der Waals surface area contributed by atoms with Crippen molar-refractivity contribution >= 4 is 5.97 Å². The number of epoxide rings is 1. The van der Waals surface area contributed by atoms with Crippen LogP contribution >= 0.6 is 0 Å². The minimum absolute atomic E-state index is 0.0177. The molecule has 0 aromatic rings. The molecule has 0 radical (unpaired) electrons. The number of unbranched alkanes of at least 4 members (excludes halogenated alkanes) is 6. The lowest BCUT2D eigenvalue weighted by molar-refractivity contribution is -0.138. The molecule has 0 aliphatic carbocycles. The molecular weight excluding hydrogens is 264 g/mol. The molecule has 1 aliphatic heterocycles. The molecule has 2 atom stereocenters. The van der Waals surface area contributed by atoms with Gasteiger partial charge in [-0.2, -0.15) is 0 Å². The number of hydrogen-bond acceptors (Lipinski definition) is 2. The lowest BCUT2D eigenvalue weighted by Gasteiger charge is -1.96. The van der Waals surface area contributed by atoms with Gasteiger partial charge in [0.2, 0.25) is 0 Å². The van der Waals surface area contributed by atoms with E-state index in [1.165, 1.54) is 32.1 Å². The molecule has 1 fully saturated rings. The van der Waals surface area contributed by atoms with Gasteiger partial charge >= 0.3 is 5.97 Å². The molecule has 0 aromatic carbocycles. The summed E-state index contributed by atoms with van der Waals surface area (Å²) in [5, 5.41) is 8.69. The first-order valence-corrected chi connectivity index (χ1v) is 8.44. The predicted octanol–water partition coefficient (Wildman–Crippen LogP) is 4.87. The zero-order chi connectivity index (χ0) is 15.3. The van der Waals surface area contributed by atoms with E-state index in [2.05, 4.69) is 31.2 Å². The molecule has 1 saturated heterocycles. The van der Waals surface area contributed by atoms with Gasteiger partial charge in [0.25, 0.3) is 0 Å². The smallest absolute Gasteiger partial charge is 0.335 e. The molecule has 0 spiro atoms. The predicted molar refractivity (Wildman–Crippen MR) is 86.4 cm³/mol. The zero-order valence-electron chi connectivity index (χ0n) is 13.3. The van der Waals surface area contributed by atoms with E-state index in [0.717, 1.165) is 32.1 Å². The van der Waals surface area contributed by atoms with Gasteiger partial charge in [0.05, 0.1) is 6.10 Å². The van der Waals surface area contributed by atoms with Crippen LogP contribution in [0.5, 0.6) is 0 Å². The number of carboxylic acid groups (broad SMARTS) is 1. The Balaban J connectivity index is 1.82. The molecule has 21 heavy (non-hydrogen) atoms. The average Bonchev–Trinajstić information content (AvgIpc) is 3.24. The molecule has 0 amide bonds. The first-order chi connectivity index (χ1) is 10.3. The molecular formula is C18H30O3. The average molecular weight is 294 g/mol. The van der Waals surface area contributed by atoms with E-state index in [-0.39, 0.29) is 6.10 Å². The van der Waals surface area contributed by atoms with Crippen LogP contribution in [0.25, 0.3) is 0 Å². The van der Waals surface area contributed by atoms with Gasteiger partial charge in [-0.15, -0.1) is 0 Å². The van der Waals surface area contributed by atoms with Crippen molar-refractivity contribution in [3.05, 3.63) is 24.3 Å². The summed E-state index contributed by atoms with van der Waals surface area (Å²) in [6, 6.07) is 0. The number of hydrogen-bond donors (Lipinski definition) is 1. The van der Waals surface area contributed by atoms with Crippen molar-refractivity contribution in [1.29, 1.82) is 0 Å². The highest BCUT2D eigenvalue weighted by molar-refractivity contribution is 5.75. The third kappa shape index (κ3) is 9.46. The summed E-state index contributed by atoms with van der Waals surface area (Å²) < 4.78 is 5.06. The van der Waals surface area contributed by atoms with Crippen LogP contribution in [0.1, 0.15) is 71.1 Å². The molecule has 3 nitrogen and oxygen atoms in total. The summed E-state index contributed by atoms with van der Waals surface area (Å²) in [7, 11) is 0. The molecule has 2 unspecified atom stereocenters. The van der Waals surface area contributed by atoms with E-state index in [1.54, 1.807) is 0 Å². The maximum Gasteiger partial charge on any atom is 0.335 e. The second-order valence-corrected chi connectivity index (χ2v) is 5.75. The first-order valence-electron chi connectivity index (χ1n) is 8.44. The lowest BCUT2D eigenvalue weighted by atomic mass is 10.1. The van der Waals surface area contributed by atoms with E-state index in [9.17, 15) is 4.79 Å². The first kappa shape index (κ1) is 18.0. The standard InChI is InChI=1S/C18H30O3/c1-2-3-4-5-6-7-8-9-10-11-12-13-14-15-16-17(21-16)18(19)20/h6-7,9-10,16-17H,2-5,8,11-15H2,1H3,(H,19,20). The third-order valence-corrected chi connectivity index (χ3v) is 3.77. The maximum absolute atomic E-state index is 10.6. The highest BCUT2D eigenvalue weighted by Gasteiger charge is 2.44. The van der Waals surface area contributed by atoms with Crippen LogP contribution in [-0.2, 0) is 9.53 Å². The molecule has 0 bridgehead atoms. The van der Waals surface area contributed by atoms with Gasteiger partial charge in [0.15, 0.2) is 6.10 Å². The van der Waals surface area contributed by atoms with Gasteiger partial charge in [-0.25, -0.2) is 4.79 Å². The Labute approximate surface area is 129 Å². The van der Waals surface area contributed by atoms with Gasteiger partial charge in [0, 0.05) is 0 Å². The second kappa shape index (κ2) is 11.6. The summed E-state index contributed by atoms with van der Waals surface area (Å²) in [4.78, 5) is 10.6. The summed E-state index contributed by atoms with van der Waals surface area (Å²) in [6.45, 7) is 2.23. The Kier molecular flexibility index (Phi) is 9.88. The highest BCUT2D eigenvalue weighted by atomic mass is 16.6. The van der Waals surface area contributed by atoms with Crippen LogP contribution in [0.2, 0.25) is 0 Å². The van der Waals surface area contributed by atoms with Crippen LogP contribution in [0.3, 0.4) is 0 Å². The molecule has 120 valence electrons. The minimum atomic E-state index is -0.814. The molecule has 3 heteroatoms. The van der Waals surface area contributed by atoms with Gasteiger partial charge in [-0.1, -0.05) is 56.9 Å². The molecule has 0 saturated carbocycles. The van der Waals surface area contributed by atoms with E-state index >= 15 is 0 Å². The summed E-state index contributed by atoms with van der Waals surface area (Å²) in [6.07, 6.45) is 20.1. The number of allylic oxidation sites excluding steroid dienone is 4. The van der Waals surface area contributed by atoms with Crippen molar-refractivity contribution in [2.45, 2.75) is 83.3 Å². The van der Waals surface area contributed by atoms with Gasteiger partial charge in [0.1, 0.15) is 0 Å². The van der Waals surface area contributed by atoms with Crippen LogP contribution in [-0.4, -0.2) is 23.3 Å². The van der Waals surface area contributed by atoms with Gasteiger partial charge in [-0.05, 0) is 38.5 Å². The van der Waals surface area contributed by atoms with Crippen molar-refractivity contribution in [2.24, 2.45) is 0 Å². The van der Waals surface area contributed by atoms with Crippen LogP contribution in [0, 0.1) is 0 Å². The van der Waals surface area contributed by atoms with Crippen molar-refractivity contribution in [3.8, 4) is 0 Å². The SMILES string of the molecule is CCCCCC=CCC=CCCCCCC1OC1C(=O)O. The van der Waals surface area contributed by atoms with Crippen molar-refractivity contribution in [2.75, 3.05) is 0 Å². The topological polar surface area (TPSA) is 49.8 Å². The Morgan fingerprint density at radius 2 is 1.67 bits per heavy atom. The number of carboxylic acids is 1. The Morgan fingerprint density at radius 1 is 1.00 bits per heavy atom. The lowest BCUT2D eigenvalue weighted by Crippen LogP contribution is -2.07. The van der Waals surface area contributed by atoms with E-state index in [1.807, 2.05) is 0 Å². The molecule has 1 rings (SSSR count). The maximum atomic E-state index is 10.6. The van der Waals surface area contributed by atoms with E-state index < -0.39 is 12.1 Å². The highest BCUT2D eigenvalue weighted by Crippen LogP contribution is 2.27. The van der Waals surface area contributed by atoms with E-state index in [4.69, 9.17) is 9.84 Å². The Hall–Kier alpha value is -1.09. The van der Waals surface area contributed by atoms with Crippen molar-refractivity contribution < 1.29 is 14.6 Å². The summed E-state index contributed by atoms with van der Waals surface area (Å²) in [5.41, 5.74) is 0. The third-order valence-electron chi connectivity index (χ3n) is 3.77.